The van der Waals surface area contributed by atoms with Crippen LogP contribution in [0.2, 0.25) is 0 Å². The smallest absolute Gasteiger partial charge is 0.358 e. The van der Waals surface area contributed by atoms with Crippen LogP contribution in [0.1, 0.15) is 48.2 Å². The Morgan fingerprint density at radius 3 is 2.10 bits per heavy atom. The Bertz CT molecular complexity index is 1750. The van der Waals surface area contributed by atoms with E-state index in [0.29, 0.717) is 27.1 Å². The Balaban J connectivity index is 2.07. The van der Waals surface area contributed by atoms with Gasteiger partial charge in [-0.05, 0) is 72.7 Å². The molecule has 0 bridgehead atoms. The molecule has 13 heteroatoms. The predicted molar refractivity (Wildman–Crippen MR) is 157 cm³/mol. The van der Waals surface area contributed by atoms with Gasteiger partial charge >= 0.3 is 17.6 Å². The highest BCUT2D eigenvalue weighted by molar-refractivity contribution is 5.85. The quantitative estimate of drug-likeness (QED) is 0.182. The molecule has 0 saturated carbocycles. The minimum Gasteiger partial charge on any atom is -0.480 e. The second kappa shape index (κ2) is 11.7. The highest BCUT2D eigenvalue weighted by atomic mass is 16.4. The van der Waals surface area contributed by atoms with Gasteiger partial charge in [-0.1, -0.05) is 19.9 Å². The summed E-state index contributed by atoms with van der Waals surface area (Å²) >= 11 is 0. The van der Waals surface area contributed by atoms with Crippen molar-refractivity contribution in [3.05, 3.63) is 69.8 Å². The van der Waals surface area contributed by atoms with E-state index in [4.69, 9.17) is 17.2 Å². The molecule has 0 aliphatic heterocycles. The van der Waals surface area contributed by atoms with Gasteiger partial charge in [-0.15, -0.1) is 9.78 Å². The molecule has 0 aliphatic rings. The van der Waals surface area contributed by atoms with Crippen molar-refractivity contribution >= 4 is 28.7 Å². The first-order valence-corrected chi connectivity index (χ1v) is 13.4. The van der Waals surface area contributed by atoms with Gasteiger partial charge in [0.2, 0.25) is 0 Å². The number of benzene rings is 2. The van der Waals surface area contributed by atoms with Crippen molar-refractivity contribution in [1.82, 2.24) is 18.9 Å². The number of carbonyl (C=O) groups is 3. The first kappa shape index (κ1) is 30.4. The van der Waals surface area contributed by atoms with Crippen molar-refractivity contribution in [2.24, 2.45) is 24.2 Å². The molecule has 4 aromatic rings. The fourth-order valence-corrected chi connectivity index (χ4v) is 4.97. The van der Waals surface area contributed by atoms with Crippen molar-refractivity contribution in [2.45, 2.75) is 57.7 Å². The van der Waals surface area contributed by atoms with E-state index in [0.717, 1.165) is 16.5 Å². The van der Waals surface area contributed by atoms with Crippen molar-refractivity contribution in [3.8, 4) is 17.1 Å². The molecule has 4 rings (SSSR count). The fraction of sp³-hybridized carbons (Fsp3) is 0.345. The van der Waals surface area contributed by atoms with Gasteiger partial charge in [0.15, 0.2) is 5.82 Å². The number of hydrogen-bond acceptors (Lipinski definition) is 8. The van der Waals surface area contributed by atoms with Gasteiger partial charge in [0.25, 0.3) is 5.91 Å². The molecular weight excluding hydrogens is 542 g/mol. The summed E-state index contributed by atoms with van der Waals surface area (Å²) < 4.78 is 3.91. The summed E-state index contributed by atoms with van der Waals surface area (Å²) in [4.78, 5) is 50.1. The Morgan fingerprint density at radius 2 is 1.52 bits per heavy atom. The highest BCUT2D eigenvalue weighted by Gasteiger charge is 2.27. The first-order valence-electron chi connectivity index (χ1n) is 13.4. The van der Waals surface area contributed by atoms with Crippen LogP contribution in [0.15, 0.2) is 47.4 Å². The maximum absolute atomic E-state index is 13.8. The number of rotatable bonds is 10. The van der Waals surface area contributed by atoms with Crippen molar-refractivity contribution in [2.75, 3.05) is 0 Å². The number of nitrogens with two attached hydrogens (primary N) is 3. The number of aliphatic carboxylic acids is 2. The largest absolute Gasteiger partial charge is 0.480 e. The summed E-state index contributed by atoms with van der Waals surface area (Å²) in [5, 5.41) is 24.3. The fourth-order valence-electron chi connectivity index (χ4n) is 4.97. The van der Waals surface area contributed by atoms with Gasteiger partial charge < -0.3 is 32.0 Å². The van der Waals surface area contributed by atoms with Crippen LogP contribution in [0, 0.1) is 0 Å². The first-order chi connectivity index (χ1) is 19.7. The molecule has 42 heavy (non-hydrogen) atoms. The molecule has 2 aromatic carbocycles. The molecule has 2 aromatic heterocycles. The number of fused-ring (bicyclic) bond motifs is 1. The van der Waals surface area contributed by atoms with E-state index in [1.165, 1.54) is 11.5 Å². The molecule has 0 aliphatic carbocycles. The monoisotopic (exact) mass is 577 g/mol. The normalized spacial score (nSPS) is 13.8. The molecule has 2 heterocycles. The van der Waals surface area contributed by atoms with E-state index in [1.807, 2.05) is 43.8 Å². The Kier molecular flexibility index (Phi) is 8.48. The lowest BCUT2D eigenvalue weighted by Crippen LogP contribution is -2.39. The van der Waals surface area contributed by atoms with E-state index < -0.39 is 41.7 Å². The summed E-state index contributed by atoms with van der Waals surface area (Å²) in [5.74, 6) is -3.20. The third-order valence-corrected chi connectivity index (χ3v) is 7.25. The number of aromatic nitrogens is 4. The molecule has 3 atom stereocenters. The highest BCUT2D eigenvalue weighted by Crippen LogP contribution is 2.33. The zero-order valence-electron chi connectivity index (χ0n) is 23.8. The topological polar surface area (TPSA) is 214 Å². The van der Waals surface area contributed by atoms with E-state index in [2.05, 4.69) is 5.10 Å². The van der Waals surface area contributed by atoms with Gasteiger partial charge in [0.1, 0.15) is 12.1 Å². The number of carboxylic acids is 2. The zero-order chi connectivity index (χ0) is 31.0. The van der Waals surface area contributed by atoms with Crippen molar-refractivity contribution < 1.29 is 24.6 Å². The minimum absolute atomic E-state index is 0.0203. The molecular formula is C29H35N7O6. The van der Waals surface area contributed by atoms with Gasteiger partial charge in [0, 0.05) is 29.7 Å². The van der Waals surface area contributed by atoms with Crippen LogP contribution in [-0.2, 0) is 29.5 Å². The van der Waals surface area contributed by atoms with E-state index in [-0.39, 0.29) is 24.6 Å². The number of carboxylic acid groups (broad SMARTS) is 2. The lowest BCUT2D eigenvalue weighted by Gasteiger charge is -2.21. The predicted octanol–water partition coefficient (Wildman–Crippen LogP) is 1.21. The average Bonchev–Trinajstić information content (AvgIpc) is 3.46. The zero-order valence-corrected chi connectivity index (χ0v) is 23.8. The Hall–Kier alpha value is -4.59. The number of nitrogens with zero attached hydrogens (tertiary/aromatic N) is 4. The standard InChI is InChI=1S/C29H35N7O6/c1-14(2)20-13-21(18(12-23(32)28(40)41)9-17(20)11-22(31)27(38)39)25-33-36(26(37)15(3)30)29(42)35(25)19-5-6-24-16(10-19)7-8-34(24)4/h5-10,13-15,22-23H,11-12,30-32H2,1-4H3,(H,38,39)(H,40,41). The van der Waals surface area contributed by atoms with Crippen LogP contribution in [0.4, 0.5) is 0 Å². The molecule has 0 spiro atoms. The van der Waals surface area contributed by atoms with Gasteiger partial charge in [-0.25, -0.2) is 9.36 Å². The van der Waals surface area contributed by atoms with Crippen LogP contribution in [-0.4, -0.2) is 65.1 Å². The molecule has 222 valence electrons. The third kappa shape index (κ3) is 5.75. The summed E-state index contributed by atoms with van der Waals surface area (Å²) in [6.45, 7) is 5.26. The number of carbonyl (C=O) groups excluding carboxylic acids is 1. The molecule has 13 nitrogen and oxygen atoms in total. The lowest BCUT2D eigenvalue weighted by atomic mass is 9.87. The van der Waals surface area contributed by atoms with Crippen LogP contribution in [0.5, 0.6) is 0 Å². The Labute approximate surface area is 241 Å². The maximum Gasteiger partial charge on any atom is 0.358 e. The van der Waals surface area contributed by atoms with Crippen LogP contribution in [0.25, 0.3) is 28.0 Å². The van der Waals surface area contributed by atoms with Gasteiger partial charge in [-0.2, -0.15) is 0 Å². The van der Waals surface area contributed by atoms with E-state index >= 15 is 0 Å². The summed E-state index contributed by atoms with van der Waals surface area (Å²) in [7, 11) is 1.89. The van der Waals surface area contributed by atoms with Crippen molar-refractivity contribution in [3.63, 3.8) is 0 Å². The Morgan fingerprint density at radius 1 is 0.905 bits per heavy atom. The summed E-state index contributed by atoms with van der Waals surface area (Å²) in [6, 6.07) is 7.09. The van der Waals surface area contributed by atoms with E-state index in [9.17, 15) is 29.4 Å². The third-order valence-electron chi connectivity index (χ3n) is 7.25. The van der Waals surface area contributed by atoms with Gasteiger partial charge in [0.05, 0.1) is 11.7 Å². The maximum atomic E-state index is 13.8. The molecule has 3 unspecified atom stereocenters. The average molecular weight is 578 g/mol. The van der Waals surface area contributed by atoms with Crippen LogP contribution >= 0.6 is 0 Å². The second-order valence-electron chi connectivity index (χ2n) is 10.8. The van der Waals surface area contributed by atoms with E-state index in [1.54, 1.807) is 24.3 Å². The molecule has 0 amide bonds. The molecule has 0 saturated heterocycles. The number of hydrogen-bond donors (Lipinski definition) is 5. The van der Waals surface area contributed by atoms with Crippen LogP contribution < -0.4 is 22.9 Å². The van der Waals surface area contributed by atoms with Crippen molar-refractivity contribution in [1.29, 1.82) is 0 Å². The summed E-state index contributed by atoms with van der Waals surface area (Å²) in [5.41, 5.74) is 20.3. The molecule has 0 fully saturated rings. The van der Waals surface area contributed by atoms with Crippen LogP contribution in [0.3, 0.4) is 0 Å². The summed E-state index contributed by atoms with van der Waals surface area (Å²) in [6.07, 6.45) is 1.69. The number of aryl methyl sites for hydroxylation is 1. The van der Waals surface area contributed by atoms with Gasteiger partial charge in [-0.3, -0.25) is 14.4 Å². The molecule has 8 N–H and O–H groups in total. The lowest BCUT2D eigenvalue weighted by molar-refractivity contribution is -0.139. The second-order valence-corrected chi connectivity index (χ2v) is 10.8. The SMILES string of the molecule is CC(N)C(=O)n1nc(-c2cc(C(C)C)c(CC(N)C(=O)O)cc2CC(N)C(=O)O)n(-c2ccc3c(ccn3C)c2)c1=O. The molecule has 0 radical (unpaired) electrons. The minimum atomic E-state index is -1.32.